The molecule has 9 heteroatoms. The van der Waals surface area contributed by atoms with E-state index in [2.05, 4.69) is 5.32 Å². The molecule has 5 N–H and O–H groups in total. The molecule has 214 valence electrons. The summed E-state index contributed by atoms with van der Waals surface area (Å²) in [6.07, 6.45) is 16.4. The third-order valence-electron chi connectivity index (χ3n) is 5.27. The molecule has 0 unspecified atom stereocenters. The summed E-state index contributed by atoms with van der Waals surface area (Å²) in [5, 5.41) is 2.42. The minimum atomic E-state index is -0.359. The standard InChI is InChI=1S/C15H29NO2.C6H8Cl2O2.C6H16N2/c1-14(17)10-7-8-12-15(18)11-6-4-3-5-9-13-16-2;7-5(9)3-1-2-4-6(8)10;7-5-3-1-2-4-6-8/h16H,3-13H2,1-2H3;1-4H2;1-8H2. The van der Waals surface area contributed by atoms with Crippen molar-refractivity contribution >= 4 is 45.3 Å². The Labute approximate surface area is 230 Å². The van der Waals surface area contributed by atoms with Gasteiger partial charge in [0.1, 0.15) is 11.6 Å². The number of Topliss-reactive ketones (excluding diaryl/α,β-unsaturated/α-hetero) is 2. The van der Waals surface area contributed by atoms with Gasteiger partial charge in [0.05, 0.1) is 0 Å². The second-order valence-corrected chi connectivity index (χ2v) is 9.82. The van der Waals surface area contributed by atoms with Crippen LogP contribution in [0.3, 0.4) is 0 Å². The van der Waals surface area contributed by atoms with Crippen LogP contribution in [0.4, 0.5) is 0 Å². The van der Waals surface area contributed by atoms with Crippen LogP contribution >= 0.6 is 23.2 Å². The fourth-order valence-electron chi connectivity index (χ4n) is 3.15. The Morgan fingerprint density at radius 1 is 0.556 bits per heavy atom. The Balaban J connectivity index is -0.000000508. The highest BCUT2D eigenvalue weighted by Crippen LogP contribution is 2.09. The van der Waals surface area contributed by atoms with E-state index in [9.17, 15) is 19.2 Å². The third kappa shape index (κ3) is 46.5. The van der Waals surface area contributed by atoms with E-state index in [1.54, 1.807) is 6.92 Å². The molecule has 0 aromatic carbocycles. The highest BCUT2D eigenvalue weighted by molar-refractivity contribution is 6.63. The molecule has 0 aliphatic rings. The summed E-state index contributed by atoms with van der Waals surface area (Å²) >= 11 is 10.1. The molecule has 0 radical (unpaired) electrons. The van der Waals surface area contributed by atoms with E-state index in [1.165, 1.54) is 38.5 Å². The quantitative estimate of drug-likeness (QED) is 0.107. The molecule has 0 aliphatic carbocycles. The minimum Gasteiger partial charge on any atom is -0.330 e. The largest absolute Gasteiger partial charge is 0.330 e. The molecular weight excluding hydrogens is 501 g/mol. The molecule has 0 aromatic heterocycles. The van der Waals surface area contributed by atoms with Crippen LogP contribution in [-0.4, -0.2) is 48.7 Å². The molecular formula is C27H53Cl2N3O4. The van der Waals surface area contributed by atoms with Crippen molar-refractivity contribution in [2.75, 3.05) is 26.7 Å². The maximum Gasteiger partial charge on any atom is 0.221 e. The lowest BCUT2D eigenvalue weighted by atomic mass is 10.0. The second-order valence-electron chi connectivity index (χ2n) is 8.98. The van der Waals surface area contributed by atoms with E-state index in [4.69, 9.17) is 34.7 Å². The monoisotopic (exact) mass is 553 g/mol. The van der Waals surface area contributed by atoms with Crippen LogP contribution in [0.1, 0.15) is 122 Å². The van der Waals surface area contributed by atoms with Crippen LogP contribution in [0.15, 0.2) is 0 Å². The number of ketones is 2. The van der Waals surface area contributed by atoms with Crippen molar-refractivity contribution in [1.29, 1.82) is 0 Å². The first kappa shape index (κ1) is 39.6. The van der Waals surface area contributed by atoms with Gasteiger partial charge in [0.25, 0.3) is 0 Å². The molecule has 0 spiro atoms. The maximum absolute atomic E-state index is 11.5. The number of nitrogens with two attached hydrogens (primary N) is 2. The van der Waals surface area contributed by atoms with Gasteiger partial charge in [-0.25, -0.2) is 0 Å². The van der Waals surface area contributed by atoms with E-state index >= 15 is 0 Å². The number of hydrogen-bond acceptors (Lipinski definition) is 7. The summed E-state index contributed by atoms with van der Waals surface area (Å²) in [4.78, 5) is 42.5. The van der Waals surface area contributed by atoms with Crippen LogP contribution in [0, 0.1) is 0 Å². The molecule has 0 aromatic rings. The van der Waals surface area contributed by atoms with Crippen molar-refractivity contribution < 1.29 is 19.2 Å². The Morgan fingerprint density at radius 2 is 0.917 bits per heavy atom. The van der Waals surface area contributed by atoms with Gasteiger partial charge in [-0.05, 0) is 108 Å². The van der Waals surface area contributed by atoms with Crippen molar-refractivity contribution in [3.8, 4) is 0 Å². The molecule has 0 saturated carbocycles. The molecule has 0 fully saturated rings. The van der Waals surface area contributed by atoms with Crippen molar-refractivity contribution in [2.45, 2.75) is 122 Å². The Hall–Kier alpha value is -0.860. The number of nitrogens with one attached hydrogen (secondary N) is 1. The lowest BCUT2D eigenvalue weighted by Gasteiger charge is -2.02. The Bertz CT molecular complexity index is 513. The predicted molar refractivity (Wildman–Crippen MR) is 153 cm³/mol. The first-order valence-corrected chi connectivity index (χ1v) is 14.4. The zero-order chi connectivity index (χ0) is 27.9. The predicted octanol–water partition coefficient (Wildman–Crippen LogP) is 5.81. The lowest BCUT2D eigenvalue weighted by Crippen LogP contribution is -2.06. The summed E-state index contributed by atoms with van der Waals surface area (Å²) in [6.45, 7) is 4.35. The van der Waals surface area contributed by atoms with Crippen LogP contribution in [-0.2, 0) is 19.2 Å². The highest BCUT2D eigenvalue weighted by atomic mass is 35.5. The van der Waals surface area contributed by atoms with Gasteiger partial charge in [-0.3, -0.25) is 14.4 Å². The van der Waals surface area contributed by atoms with E-state index < -0.39 is 0 Å². The maximum atomic E-state index is 11.5. The van der Waals surface area contributed by atoms with E-state index in [-0.39, 0.29) is 16.3 Å². The van der Waals surface area contributed by atoms with Crippen LogP contribution in [0.25, 0.3) is 0 Å². The Morgan fingerprint density at radius 3 is 1.33 bits per heavy atom. The SMILES string of the molecule is CNCCCCCCCC(=O)CCCCC(C)=O.NCCCCCCN.O=C(Cl)CCCCC(=O)Cl. The molecule has 36 heavy (non-hydrogen) atoms. The minimum absolute atomic E-state index is 0.226. The topological polar surface area (TPSA) is 132 Å². The number of hydrogen-bond donors (Lipinski definition) is 3. The van der Waals surface area contributed by atoms with Gasteiger partial charge < -0.3 is 21.6 Å². The third-order valence-corrected chi connectivity index (χ3v) is 5.65. The van der Waals surface area contributed by atoms with Crippen molar-refractivity contribution in [2.24, 2.45) is 11.5 Å². The zero-order valence-corrected chi connectivity index (χ0v) is 24.4. The van der Waals surface area contributed by atoms with Crippen LogP contribution in [0.2, 0.25) is 0 Å². The summed E-state index contributed by atoms with van der Waals surface area (Å²) in [5.74, 6) is 0.595. The van der Waals surface area contributed by atoms with Crippen LogP contribution in [0.5, 0.6) is 0 Å². The summed E-state index contributed by atoms with van der Waals surface area (Å²) < 4.78 is 0. The smallest absolute Gasteiger partial charge is 0.221 e. The van der Waals surface area contributed by atoms with Gasteiger partial charge in [0.2, 0.25) is 10.5 Å². The van der Waals surface area contributed by atoms with Gasteiger partial charge in [0, 0.05) is 32.1 Å². The lowest BCUT2D eigenvalue weighted by molar-refractivity contribution is -0.120. The summed E-state index contributed by atoms with van der Waals surface area (Å²) in [6, 6.07) is 0. The van der Waals surface area contributed by atoms with Crippen molar-refractivity contribution in [3.05, 3.63) is 0 Å². The molecule has 0 amide bonds. The average Bonchev–Trinajstić information content (AvgIpc) is 2.82. The summed E-state index contributed by atoms with van der Waals surface area (Å²) in [5.41, 5.74) is 10.6. The molecule has 7 nitrogen and oxygen atoms in total. The average molecular weight is 555 g/mol. The first-order valence-electron chi connectivity index (χ1n) is 13.6. The second kappa shape index (κ2) is 34.1. The normalized spacial score (nSPS) is 10.1. The fourth-order valence-corrected chi connectivity index (χ4v) is 3.41. The molecule has 0 rings (SSSR count). The summed E-state index contributed by atoms with van der Waals surface area (Å²) in [7, 11) is 1.98. The fraction of sp³-hybridized carbons (Fsp3) is 0.852. The Kier molecular flexibility index (Phi) is 37.6. The number of rotatable bonds is 23. The van der Waals surface area contributed by atoms with E-state index in [1.807, 2.05) is 7.05 Å². The van der Waals surface area contributed by atoms with E-state index in [0.717, 1.165) is 58.2 Å². The highest BCUT2D eigenvalue weighted by Gasteiger charge is 2.02. The molecule has 0 heterocycles. The van der Waals surface area contributed by atoms with Gasteiger partial charge in [-0.1, -0.05) is 32.1 Å². The number of carbonyl (C=O) groups excluding carboxylic acids is 4. The van der Waals surface area contributed by atoms with Crippen molar-refractivity contribution in [1.82, 2.24) is 5.32 Å². The molecule has 0 saturated heterocycles. The van der Waals surface area contributed by atoms with Gasteiger partial charge in [0.15, 0.2) is 0 Å². The number of halogens is 2. The molecule has 0 aliphatic heterocycles. The van der Waals surface area contributed by atoms with Crippen molar-refractivity contribution in [3.63, 3.8) is 0 Å². The first-order chi connectivity index (χ1) is 17.2. The van der Waals surface area contributed by atoms with Gasteiger partial charge in [-0.15, -0.1) is 0 Å². The zero-order valence-electron chi connectivity index (χ0n) is 22.9. The molecule has 0 atom stereocenters. The van der Waals surface area contributed by atoms with Crippen LogP contribution < -0.4 is 16.8 Å². The van der Waals surface area contributed by atoms with E-state index in [0.29, 0.717) is 44.3 Å². The molecule has 0 bridgehead atoms. The van der Waals surface area contributed by atoms with Gasteiger partial charge >= 0.3 is 0 Å². The number of carbonyl (C=O) groups is 4. The van der Waals surface area contributed by atoms with Gasteiger partial charge in [-0.2, -0.15) is 0 Å². The number of unbranched alkanes of at least 4 members (excludes halogenated alkanes) is 9.